The van der Waals surface area contributed by atoms with Crippen molar-refractivity contribution in [2.75, 3.05) is 13.2 Å². The van der Waals surface area contributed by atoms with Gasteiger partial charge in [-0.25, -0.2) is 0 Å². The molecule has 5 heteroatoms. The van der Waals surface area contributed by atoms with Crippen molar-refractivity contribution in [3.05, 3.63) is 11.6 Å². The number of aliphatic hydroxyl groups excluding tert-OH is 1. The van der Waals surface area contributed by atoms with Gasteiger partial charge in [0.1, 0.15) is 11.6 Å². The third kappa shape index (κ3) is 3.15. The van der Waals surface area contributed by atoms with Crippen LogP contribution in [0.1, 0.15) is 44.8 Å². The Morgan fingerprint density at radius 2 is 2.16 bits per heavy atom. The maximum Gasteiger partial charge on any atom is 0.147 e. The predicted octanol–water partition coefficient (Wildman–Crippen LogP) is 1.59. The lowest BCUT2D eigenvalue weighted by Gasteiger charge is -2.38. The van der Waals surface area contributed by atoms with Crippen molar-refractivity contribution in [2.24, 2.45) is 5.92 Å². The van der Waals surface area contributed by atoms with Gasteiger partial charge in [0.15, 0.2) is 0 Å². The molecule has 0 aromatic carbocycles. The van der Waals surface area contributed by atoms with Gasteiger partial charge in [0.2, 0.25) is 0 Å². The summed E-state index contributed by atoms with van der Waals surface area (Å²) in [4.78, 5) is 2.36. The van der Waals surface area contributed by atoms with E-state index in [1.807, 2.05) is 6.92 Å². The van der Waals surface area contributed by atoms with Crippen LogP contribution in [-0.2, 0) is 13.1 Å². The minimum Gasteiger partial charge on any atom is -0.395 e. The Balaban J connectivity index is 2.11. The molecule has 2 heterocycles. The van der Waals surface area contributed by atoms with Crippen molar-refractivity contribution in [3.63, 3.8) is 0 Å². The van der Waals surface area contributed by atoms with Crippen molar-refractivity contribution < 1.29 is 5.11 Å². The first-order chi connectivity index (χ1) is 9.17. The number of hydrogen-bond donors (Lipinski definition) is 1. The standard InChI is InChI=1S/C14H26N4O/c1-4-7-18-12(3)15-16-14(18)9-17-8-5-6-11(2)13(17)10-19/h11,13,19H,4-10H2,1-3H3. The molecule has 2 unspecified atom stereocenters. The highest BCUT2D eigenvalue weighted by Crippen LogP contribution is 2.24. The smallest absolute Gasteiger partial charge is 0.147 e. The number of rotatable bonds is 5. The number of hydrogen-bond acceptors (Lipinski definition) is 4. The minimum absolute atomic E-state index is 0.238. The normalized spacial score (nSPS) is 24.8. The summed E-state index contributed by atoms with van der Waals surface area (Å²) in [5, 5.41) is 18.1. The van der Waals surface area contributed by atoms with Crippen LogP contribution in [0, 0.1) is 12.8 Å². The van der Waals surface area contributed by atoms with Crippen molar-refractivity contribution in [3.8, 4) is 0 Å². The van der Waals surface area contributed by atoms with Crippen molar-refractivity contribution in [1.29, 1.82) is 0 Å². The van der Waals surface area contributed by atoms with Gasteiger partial charge < -0.3 is 9.67 Å². The molecule has 2 atom stereocenters. The Morgan fingerprint density at radius 3 is 2.84 bits per heavy atom. The van der Waals surface area contributed by atoms with Crippen molar-refractivity contribution >= 4 is 0 Å². The maximum absolute atomic E-state index is 9.60. The average molecular weight is 266 g/mol. The summed E-state index contributed by atoms with van der Waals surface area (Å²) in [7, 11) is 0. The van der Waals surface area contributed by atoms with Crippen molar-refractivity contribution in [1.82, 2.24) is 19.7 Å². The lowest BCUT2D eigenvalue weighted by Crippen LogP contribution is -2.46. The molecule has 1 N–H and O–H groups in total. The van der Waals surface area contributed by atoms with Crippen LogP contribution in [0.5, 0.6) is 0 Å². The number of aromatic nitrogens is 3. The second-order valence-corrected chi connectivity index (χ2v) is 5.65. The molecule has 1 aromatic rings. The molecule has 0 amide bonds. The maximum atomic E-state index is 9.60. The SMILES string of the molecule is CCCn1c(C)nnc1CN1CCCC(C)C1CO. The van der Waals surface area contributed by atoms with E-state index in [4.69, 9.17) is 0 Å². The highest BCUT2D eigenvalue weighted by molar-refractivity contribution is 4.96. The second-order valence-electron chi connectivity index (χ2n) is 5.65. The highest BCUT2D eigenvalue weighted by Gasteiger charge is 2.29. The molecule has 0 bridgehead atoms. The molecule has 5 nitrogen and oxygen atoms in total. The summed E-state index contributed by atoms with van der Waals surface area (Å²) < 4.78 is 2.20. The van der Waals surface area contributed by atoms with E-state index in [-0.39, 0.29) is 12.6 Å². The molecular weight excluding hydrogens is 240 g/mol. The molecule has 1 fully saturated rings. The largest absolute Gasteiger partial charge is 0.395 e. The Labute approximate surface area is 115 Å². The third-order valence-corrected chi connectivity index (χ3v) is 4.22. The molecule has 1 aliphatic rings. The second kappa shape index (κ2) is 6.48. The van der Waals surface area contributed by atoms with Gasteiger partial charge in [-0.3, -0.25) is 4.90 Å². The van der Waals surface area contributed by atoms with E-state index in [1.54, 1.807) is 0 Å². The van der Waals surface area contributed by atoms with Gasteiger partial charge in [-0.2, -0.15) is 0 Å². The molecule has 1 aromatic heterocycles. The molecule has 0 radical (unpaired) electrons. The molecule has 0 spiro atoms. The number of likely N-dealkylation sites (tertiary alicyclic amines) is 1. The van der Waals surface area contributed by atoms with Gasteiger partial charge in [0.05, 0.1) is 13.2 Å². The summed E-state index contributed by atoms with van der Waals surface area (Å²) in [6.07, 6.45) is 3.51. The molecule has 2 rings (SSSR count). The molecular formula is C14H26N4O. The van der Waals surface area contributed by atoms with Gasteiger partial charge in [-0.15, -0.1) is 10.2 Å². The Kier molecular flexibility index (Phi) is 4.93. The fourth-order valence-electron chi connectivity index (χ4n) is 3.06. The molecule has 0 aliphatic carbocycles. The highest BCUT2D eigenvalue weighted by atomic mass is 16.3. The van der Waals surface area contributed by atoms with E-state index in [0.717, 1.165) is 37.7 Å². The summed E-state index contributed by atoms with van der Waals surface area (Å²) >= 11 is 0. The Morgan fingerprint density at radius 1 is 1.37 bits per heavy atom. The predicted molar refractivity (Wildman–Crippen MR) is 74.7 cm³/mol. The first-order valence-corrected chi connectivity index (χ1v) is 7.41. The molecule has 108 valence electrons. The zero-order valence-electron chi connectivity index (χ0n) is 12.3. The van der Waals surface area contributed by atoms with Gasteiger partial charge in [-0.1, -0.05) is 13.8 Å². The van der Waals surface area contributed by atoms with Crippen LogP contribution in [0.15, 0.2) is 0 Å². The fraction of sp³-hybridized carbons (Fsp3) is 0.857. The summed E-state index contributed by atoms with van der Waals surface area (Å²) in [5.41, 5.74) is 0. The number of aryl methyl sites for hydroxylation is 1. The molecule has 19 heavy (non-hydrogen) atoms. The number of piperidine rings is 1. The van der Waals surface area contributed by atoms with Crippen LogP contribution in [0.25, 0.3) is 0 Å². The van der Waals surface area contributed by atoms with Gasteiger partial charge in [0.25, 0.3) is 0 Å². The van der Waals surface area contributed by atoms with E-state index in [1.165, 1.54) is 12.8 Å². The van der Waals surface area contributed by atoms with Gasteiger partial charge in [0, 0.05) is 12.6 Å². The van der Waals surface area contributed by atoms with E-state index in [0.29, 0.717) is 5.92 Å². The van der Waals surface area contributed by atoms with E-state index < -0.39 is 0 Å². The van der Waals surface area contributed by atoms with E-state index in [2.05, 4.69) is 33.5 Å². The lowest BCUT2D eigenvalue weighted by atomic mass is 9.91. The van der Waals surface area contributed by atoms with Crippen LogP contribution >= 0.6 is 0 Å². The quantitative estimate of drug-likeness (QED) is 0.879. The first-order valence-electron chi connectivity index (χ1n) is 7.41. The fourth-order valence-corrected chi connectivity index (χ4v) is 3.06. The molecule has 1 saturated heterocycles. The summed E-state index contributed by atoms with van der Waals surface area (Å²) in [6, 6.07) is 0.265. The topological polar surface area (TPSA) is 54.2 Å². The number of nitrogens with zero attached hydrogens (tertiary/aromatic N) is 4. The van der Waals surface area contributed by atoms with Crippen LogP contribution in [0.2, 0.25) is 0 Å². The Hall–Kier alpha value is -0.940. The monoisotopic (exact) mass is 266 g/mol. The zero-order chi connectivity index (χ0) is 13.8. The van der Waals surface area contributed by atoms with Crippen LogP contribution in [-0.4, -0.2) is 44.0 Å². The van der Waals surface area contributed by atoms with Crippen LogP contribution in [0.4, 0.5) is 0 Å². The molecule has 1 aliphatic heterocycles. The van der Waals surface area contributed by atoms with Crippen LogP contribution in [0.3, 0.4) is 0 Å². The average Bonchev–Trinajstić information content (AvgIpc) is 2.72. The summed E-state index contributed by atoms with van der Waals surface area (Å²) in [6.45, 7) is 9.47. The third-order valence-electron chi connectivity index (χ3n) is 4.22. The minimum atomic E-state index is 0.238. The van der Waals surface area contributed by atoms with E-state index in [9.17, 15) is 5.11 Å². The Bertz CT molecular complexity index is 404. The molecule has 0 saturated carbocycles. The lowest BCUT2D eigenvalue weighted by molar-refractivity contribution is 0.0445. The number of aliphatic hydroxyl groups is 1. The van der Waals surface area contributed by atoms with Gasteiger partial charge in [-0.05, 0) is 38.6 Å². The van der Waals surface area contributed by atoms with Gasteiger partial charge >= 0.3 is 0 Å². The summed E-state index contributed by atoms with van der Waals surface area (Å²) in [5.74, 6) is 2.58. The zero-order valence-corrected chi connectivity index (χ0v) is 12.3. The first kappa shape index (κ1) is 14.5. The van der Waals surface area contributed by atoms with Crippen LogP contribution < -0.4 is 0 Å². The van der Waals surface area contributed by atoms with Crippen molar-refractivity contribution in [2.45, 2.75) is 59.2 Å². The van der Waals surface area contributed by atoms with E-state index >= 15 is 0 Å².